The SMILES string of the molecule is Cc1ccc(-n2nc(C(C)(C)C)cc2NC(=O)Nc2ccccc2C(CC(=O)c2ccc3c(c2)CCC(=O)N3)C2CCNCC2)cc1. The van der Waals surface area contributed by atoms with Gasteiger partial charge in [0.2, 0.25) is 5.91 Å². The van der Waals surface area contributed by atoms with Gasteiger partial charge < -0.3 is 16.0 Å². The molecule has 1 atom stereocenters. The summed E-state index contributed by atoms with van der Waals surface area (Å²) in [7, 11) is 0. The predicted molar refractivity (Wildman–Crippen MR) is 187 cm³/mol. The summed E-state index contributed by atoms with van der Waals surface area (Å²) in [6.45, 7) is 10.1. The Bertz CT molecular complexity index is 1780. The van der Waals surface area contributed by atoms with Crippen molar-refractivity contribution in [3.05, 3.63) is 101 Å². The van der Waals surface area contributed by atoms with Gasteiger partial charge in [-0.05, 0) is 98.6 Å². The maximum Gasteiger partial charge on any atom is 0.324 e. The number of piperidine rings is 1. The molecule has 9 nitrogen and oxygen atoms in total. The highest BCUT2D eigenvalue weighted by Gasteiger charge is 2.30. The Labute approximate surface area is 276 Å². The third kappa shape index (κ3) is 7.46. The van der Waals surface area contributed by atoms with Crippen molar-refractivity contribution >= 4 is 34.9 Å². The molecule has 47 heavy (non-hydrogen) atoms. The lowest BCUT2D eigenvalue weighted by Crippen LogP contribution is -2.32. The standard InChI is InChI=1S/C38H44N6O3/c1-24-9-13-28(14-10-24)44-35(23-34(43-44)38(2,3)4)42-37(47)41-32-8-6-5-7-29(32)30(25-17-19-39-20-18-25)22-33(45)27-11-15-31-26(21-27)12-16-36(46)40-31/h5-11,13-15,21,23,25,30,39H,12,16-20,22H2,1-4H3,(H,40,46)(H2,41,42,47). The number of fused-ring (bicyclic) bond motifs is 1. The molecule has 3 aromatic carbocycles. The van der Waals surface area contributed by atoms with E-state index in [1.54, 1.807) is 4.68 Å². The molecular formula is C38H44N6O3. The molecule has 9 heteroatoms. The minimum absolute atomic E-state index is 0.00457. The van der Waals surface area contributed by atoms with Crippen molar-refractivity contribution in [3.63, 3.8) is 0 Å². The molecule has 1 saturated heterocycles. The summed E-state index contributed by atoms with van der Waals surface area (Å²) in [4.78, 5) is 39.4. The number of benzene rings is 3. The minimum atomic E-state index is -0.377. The Morgan fingerprint density at radius 1 is 0.957 bits per heavy atom. The van der Waals surface area contributed by atoms with Crippen LogP contribution in [0.2, 0.25) is 0 Å². The molecule has 0 saturated carbocycles. The number of ketones is 1. The van der Waals surface area contributed by atoms with Gasteiger partial charge in [0.25, 0.3) is 0 Å². The summed E-state index contributed by atoms with van der Waals surface area (Å²) in [6.07, 6.45) is 3.26. The van der Waals surface area contributed by atoms with Gasteiger partial charge in [-0.1, -0.05) is 56.7 Å². The van der Waals surface area contributed by atoms with Crippen LogP contribution in [0.15, 0.2) is 72.8 Å². The van der Waals surface area contributed by atoms with Crippen molar-refractivity contribution < 1.29 is 14.4 Å². The van der Waals surface area contributed by atoms with Gasteiger partial charge in [-0.25, -0.2) is 9.48 Å². The third-order valence-corrected chi connectivity index (χ3v) is 9.29. The highest BCUT2D eigenvalue weighted by molar-refractivity contribution is 6.01. The number of nitrogens with one attached hydrogen (secondary N) is 4. The largest absolute Gasteiger partial charge is 0.326 e. The summed E-state index contributed by atoms with van der Waals surface area (Å²) in [5.41, 5.74) is 6.72. The van der Waals surface area contributed by atoms with E-state index in [2.05, 4.69) is 42.0 Å². The number of carbonyl (C=O) groups excluding carboxylic acids is 3. The number of amides is 3. The number of anilines is 3. The van der Waals surface area contributed by atoms with Crippen LogP contribution in [0.4, 0.5) is 22.0 Å². The first-order valence-electron chi connectivity index (χ1n) is 16.6. The highest BCUT2D eigenvalue weighted by Crippen LogP contribution is 2.39. The van der Waals surface area contributed by atoms with E-state index in [4.69, 9.17) is 5.10 Å². The summed E-state index contributed by atoms with van der Waals surface area (Å²) in [5, 5.41) is 17.4. The van der Waals surface area contributed by atoms with E-state index in [-0.39, 0.29) is 35.0 Å². The number of Topliss-reactive ketones (excluding diaryl/α,β-unsaturated/α-hetero) is 1. The Kier molecular flexibility index (Phi) is 9.27. The van der Waals surface area contributed by atoms with Crippen LogP contribution >= 0.6 is 0 Å². The van der Waals surface area contributed by atoms with E-state index < -0.39 is 0 Å². The van der Waals surface area contributed by atoms with Gasteiger partial charge in [-0.15, -0.1) is 0 Å². The first kappa shape index (κ1) is 32.2. The number of nitrogens with zero attached hydrogens (tertiary/aromatic N) is 2. The lowest BCUT2D eigenvalue weighted by atomic mass is 9.76. The van der Waals surface area contributed by atoms with E-state index >= 15 is 0 Å². The van der Waals surface area contributed by atoms with Gasteiger partial charge >= 0.3 is 6.03 Å². The molecule has 2 aliphatic heterocycles. The monoisotopic (exact) mass is 632 g/mol. The molecule has 1 fully saturated rings. The smallest absolute Gasteiger partial charge is 0.324 e. The van der Waals surface area contributed by atoms with Crippen molar-refractivity contribution in [2.24, 2.45) is 5.92 Å². The molecule has 0 bridgehead atoms. The number of hydrogen-bond acceptors (Lipinski definition) is 5. The molecule has 2 aliphatic rings. The Morgan fingerprint density at radius 2 is 1.70 bits per heavy atom. The molecule has 0 aliphatic carbocycles. The van der Waals surface area contributed by atoms with Crippen molar-refractivity contribution in [1.29, 1.82) is 0 Å². The molecule has 4 N–H and O–H groups in total. The molecule has 6 rings (SSSR count). The number of rotatable bonds is 8. The molecule has 1 unspecified atom stereocenters. The van der Waals surface area contributed by atoms with Crippen LogP contribution in [0.3, 0.4) is 0 Å². The zero-order valence-electron chi connectivity index (χ0n) is 27.7. The topological polar surface area (TPSA) is 117 Å². The van der Waals surface area contributed by atoms with Crippen LogP contribution in [0, 0.1) is 12.8 Å². The fraction of sp³-hybridized carbons (Fsp3) is 0.368. The van der Waals surface area contributed by atoms with Crippen LogP contribution in [0.1, 0.15) is 85.1 Å². The van der Waals surface area contributed by atoms with E-state index in [9.17, 15) is 14.4 Å². The summed E-state index contributed by atoms with van der Waals surface area (Å²) in [5.74, 6) is 0.833. The molecule has 3 heterocycles. The summed E-state index contributed by atoms with van der Waals surface area (Å²) >= 11 is 0. The van der Waals surface area contributed by atoms with Crippen molar-refractivity contribution in [2.45, 2.75) is 71.1 Å². The van der Waals surface area contributed by atoms with Crippen LogP contribution in [0.25, 0.3) is 5.69 Å². The van der Waals surface area contributed by atoms with E-state index in [0.29, 0.717) is 36.3 Å². The fourth-order valence-corrected chi connectivity index (χ4v) is 6.58. The van der Waals surface area contributed by atoms with Gasteiger partial charge in [0.05, 0.1) is 11.4 Å². The fourth-order valence-electron chi connectivity index (χ4n) is 6.58. The Morgan fingerprint density at radius 3 is 2.45 bits per heavy atom. The van der Waals surface area contributed by atoms with Gasteiger partial charge in [0.15, 0.2) is 5.78 Å². The van der Waals surface area contributed by atoms with E-state index in [1.807, 2.05) is 79.7 Å². The van der Waals surface area contributed by atoms with Gasteiger partial charge in [0, 0.05) is 41.3 Å². The molecule has 244 valence electrons. The molecule has 0 spiro atoms. The average molecular weight is 633 g/mol. The Balaban J connectivity index is 1.26. The number of hydrogen-bond donors (Lipinski definition) is 4. The molecule has 0 radical (unpaired) electrons. The number of para-hydroxylation sites is 1. The Hall–Kier alpha value is -4.76. The number of aryl methyl sites for hydroxylation is 2. The van der Waals surface area contributed by atoms with Gasteiger partial charge in [-0.2, -0.15) is 5.10 Å². The van der Waals surface area contributed by atoms with Crippen molar-refractivity contribution in [3.8, 4) is 5.69 Å². The molecule has 3 amide bonds. The third-order valence-electron chi connectivity index (χ3n) is 9.29. The lowest BCUT2D eigenvalue weighted by Gasteiger charge is -2.32. The van der Waals surface area contributed by atoms with Gasteiger partial charge in [0.1, 0.15) is 5.82 Å². The molecular weight excluding hydrogens is 588 g/mol. The first-order valence-corrected chi connectivity index (χ1v) is 16.6. The minimum Gasteiger partial charge on any atom is -0.326 e. The second-order valence-electron chi connectivity index (χ2n) is 13.8. The molecule has 1 aromatic heterocycles. The maximum absolute atomic E-state index is 13.9. The van der Waals surface area contributed by atoms with Crippen molar-refractivity contribution in [2.75, 3.05) is 29.0 Å². The van der Waals surface area contributed by atoms with E-state index in [1.165, 1.54) is 0 Å². The zero-order chi connectivity index (χ0) is 33.1. The normalized spacial score (nSPS) is 15.8. The second kappa shape index (κ2) is 13.5. The van der Waals surface area contributed by atoms with Crippen molar-refractivity contribution in [1.82, 2.24) is 15.1 Å². The maximum atomic E-state index is 13.9. The second-order valence-corrected chi connectivity index (χ2v) is 13.8. The first-order chi connectivity index (χ1) is 22.5. The quantitative estimate of drug-likeness (QED) is 0.151. The number of carbonyl (C=O) groups is 3. The van der Waals surface area contributed by atoms with E-state index in [0.717, 1.165) is 59.7 Å². The predicted octanol–water partition coefficient (Wildman–Crippen LogP) is 7.36. The summed E-state index contributed by atoms with van der Waals surface area (Å²) < 4.78 is 1.77. The van der Waals surface area contributed by atoms with Crippen LogP contribution in [0.5, 0.6) is 0 Å². The summed E-state index contributed by atoms with van der Waals surface area (Å²) in [6, 6.07) is 23.0. The average Bonchev–Trinajstić information content (AvgIpc) is 3.48. The molecule has 4 aromatic rings. The van der Waals surface area contributed by atoms with Crippen LogP contribution < -0.4 is 21.3 Å². The van der Waals surface area contributed by atoms with Crippen LogP contribution in [-0.2, 0) is 16.6 Å². The highest BCUT2D eigenvalue weighted by atomic mass is 16.2. The number of urea groups is 1. The lowest BCUT2D eigenvalue weighted by molar-refractivity contribution is -0.116. The zero-order valence-corrected chi connectivity index (χ0v) is 27.7. The van der Waals surface area contributed by atoms with Crippen LogP contribution in [-0.4, -0.2) is 40.6 Å². The number of aromatic nitrogens is 2. The van der Waals surface area contributed by atoms with Gasteiger partial charge in [-0.3, -0.25) is 14.9 Å².